The van der Waals surface area contributed by atoms with E-state index in [1.165, 1.54) is 6.21 Å². The average molecular weight is 458 g/mol. The van der Waals surface area contributed by atoms with Gasteiger partial charge in [0.1, 0.15) is 18.1 Å². The first-order chi connectivity index (χ1) is 14.0. The van der Waals surface area contributed by atoms with Crippen LogP contribution < -0.4 is 20.2 Å². The Hall–Kier alpha value is -3.31. The lowest BCUT2D eigenvalue weighted by atomic mass is 10.2. The number of hydrazone groups is 1. The molecule has 2 aromatic carbocycles. The van der Waals surface area contributed by atoms with Gasteiger partial charge in [0.25, 0.3) is 11.8 Å². The summed E-state index contributed by atoms with van der Waals surface area (Å²) in [4.78, 5) is 24.0. The van der Waals surface area contributed by atoms with Crippen LogP contribution in [0.1, 0.15) is 22.8 Å². The molecule has 8 heteroatoms. The highest BCUT2D eigenvalue weighted by molar-refractivity contribution is 9.10. The monoisotopic (exact) mass is 457 g/mol. The number of nitrogens with zero attached hydrogens (tertiary/aromatic N) is 1. The molecule has 0 aliphatic rings. The fourth-order valence-corrected chi connectivity index (χ4v) is 2.60. The van der Waals surface area contributed by atoms with E-state index in [9.17, 15) is 9.59 Å². The van der Waals surface area contributed by atoms with Crippen LogP contribution in [0, 0.1) is 12.3 Å². The molecule has 0 saturated heterocycles. The van der Waals surface area contributed by atoms with Gasteiger partial charge in [-0.3, -0.25) is 9.59 Å². The van der Waals surface area contributed by atoms with Crippen LogP contribution in [-0.2, 0) is 4.79 Å². The number of carbonyl (C=O) groups is 2. The van der Waals surface area contributed by atoms with Crippen molar-refractivity contribution < 1.29 is 19.1 Å². The second kappa shape index (κ2) is 11.5. The van der Waals surface area contributed by atoms with Crippen molar-refractivity contribution in [2.45, 2.75) is 6.92 Å². The van der Waals surface area contributed by atoms with E-state index in [0.717, 1.165) is 4.47 Å². The zero-order valence-corrected chi connectivity index (χ0v) is 17.4. The average Bonchev–Trinajstić information content (AvgIpc) is 2.72. The number of benzene rings is 2. The first-order valence-corrected chi connectivity index (χ1v) is 9.51. The Kier molecular flexibility index (Phi) is 8.73. The Morgan fingerprint density at radius 2 is 1.97 bits per heavy atom. The molecule has 2 amide bonds. The number of hydrogen-bond donors (Lipinski definition) is 2. The number of terminal acetylenes is 1. The van der Waals surface area contributed by atoms with Crippen LogP contribution in [0.15, 0.2) is 52.0 Å². The van der Waals surface area contributed by atoms with Crippen molar-refractivity contribution in [3.05, 3.63) is 58.1 Å². The summed E-state index contributed by atoms with van der Waals surface area (Å²) in [5, 5.41) is 6.42. The normalized spacial score (nSPS) is 10.2. The Bertz CT molecular complexity index is 921. The molecule has 0 atom stereocenters. The summed E-state index contributed by atoms with van der Waals surface area (Å²) in [6.07, 6.45) is 6.63. The first-order valence-electron chi connectivity index (χ1n) is 8.72. The summed E-state index contributed by atoms with van der Waals surface area (Å²) in [7, 11) is 0. The van der Waals surface area contributed by atoms with E-state index in [0.29, 0.717) is 29.2 Å². The largest absolute Gasteiger partial charge is 0.494 e. The van der Waals surface area contributed by atoms with Crippen LogP contribution in [0.2, 0.25) is 0 Å². The molecule has 0 bridgehead atoms. The molecule has 0 spiro atoms. The van der Waals surface area contributed by atoms with Gasteiger partial charge in [-0.1, -0.05) is 21.9 Å². The maximum Gasteiger partial charge on any atom is 0.259 e. The van der Waals surface area contributed by atoms with E-state index in [4.69, 9.17) is 15.9 Å². The fourth-order valence-electron chi connectivity index (χ4n) is 2.22. The second-order valence-corrected chi connectivity index (χ2v) is 6.52. The molecule has 29 heavy (non-hydrogen) atoms. The van der Waals surface area contributed by atoms with Crippen LogP contribution in [0.3, 0.4) is 0 Å². The lowest BCUT2D eigenvalue weighted by Crippen LogP contribution is -2.34. The Morgan fingerprint density at radius 1 is 1.21 bits per heavy atom. The fraction of sp³-hybridized carbons (Fsp3) is 0.190. The molecule has 0 saturated carbocycles. The molecule has 150 valence electrons. The van der Waals surface area contributed by atoms with Crippen molar-refractivity contribution in [3.8, 4) is 23.8 Å². The van der Waals surface area contributed by atoms with Gasteiger partial charge in [-0.25, -0.2) is 5.43 Å². The van der Waals surface area contributed by atoms with Crippen molar-refractivity contribution in [1.82, 2.24) is 10.7 Å². The number of amides is 2. The van der Waals surface area contributed by atoms with Gasteiger partial charge in [-0.05, 0) is 49.4 Å². The van der Waals surface area contributed by atoms with Gasteiger partial charge in [0.15, 0.2) is 0 Å². The maximum absolute atomic E-state index is 12.1. The minimum absolute atomic E-state index is 0.117. The predicted molar refractivity (Wildman–Crippen MR) is 114 cm³/mol. The third-order valence-corrected chi connectivity index (χ3v) is 4.01. The van der Waals surface area contributed by atoms with Crippen molar-refractivity contribution in [3.63, 3.8) is 0 Å². The highest BCUT2D eigenvalue weighted by atomic mass is 79.9. The SMILES string of the molecule is C#CCOc1ccc(Br)cc1/C=N\NC(=O)CNC(=O)c1ccc(OCC)cc1. The molecule has 0 unspecified atom stereocenters. The highest BCUT2D eigenvalue weighted by Crippen LogP contribution is 2.21. The third kappa shape index (κ3) is 7.31. The lowest BCUT2D eigenvalue weighted by molar-refractivity contribution is -0.120. The van der Waals surface area contributed by atoms with E-state index >= 15 is 0 Å². The molecule has 7 nitrogen and oxygen atoms in total. The Balaban J connectivity index is 1.86. The van der Waals surface area contributed by atoms with E-state index < -0.39 is 5.91 Å². The van der Waals surface area contributed by atoms with Gasteiger partial charge in [-0.2, -0.15) is 5.10 Å². The minimum atomic E-state index is -0.471. The second-order valence-electron chi connectivity index (χ2n) is 5.61. The zero-order valence-electron chi connectivity index (χ0n) is 15.8. The molecular weight excluding hydrogens is 438 g/mol. The number of halogens is 1. The van der Waals surface area contributed by atoms with Gasteiger partial charge in [0.2, 0.25) is 0 Å². The molecule has 0 fully saturated rings. The lowest BCUT2D eigenvalue weighted by Gasteiger charge is -2.07. The Morgan fingerprint density at radius 3 is 2.66 bits per heavy atom. The summed E-state index contributed by atoms with van der Waals surface area (Å²) < 4.78 is 11.6. The first kappa shape index (κ1) is 22.0. The quantitative estimate of drug-likeness (QED) is 0.344. The molecule has 0 aliphatic carbocycles. The molecule has 0 aromatic heterocycles. The molecular formula is C21H20BrN3O4. The van der Waals surface area contributed by atoms with E-state index in [1.54, 1.807) is 42.5 Å². The summed E-state index contributed by atoms with van der Waals surface area (Å²) in [5.74, 6) is 2.76. The molecule has 0 radical (unpaired) electrons. The van der Waals surface area contributed by atoms with Gasteiger partial charge in [0, 0.05) is 15.6 Å². The van der Waals surface area contributed by atoms with Crippen LogP contribution in [-0.4, -0.2) is 37.8 Å². The molecule has 2 rings (SSSR count). The summed E-state index contributed by atoms with van der Waals surface area (Å²) >= 11 is 3.36. The number of hydrogen-bond acceptors (Lipinski definition) is 5. The smallest absolute Gasteiger partial charge is 0.259 e. The van der Waals surface area contributed by atoms with Crippen LogP contribution in [0.25, 0.3) is 0 Å². The molecule has 2 N–H and O–H groups in total. The summed E-state index contributed by atoms with van der Waals surface area (Å²) in [6, 6.07) is 12.0. The third-order valence-electron chi connectivity index (χ3n) is 3.51. The number of nitrogens with one attached hydrogen (secondary N) is 2. The van der Waals surface area contributed by atoms with Crippen LogP contribution >= 0.6 is 15.9 Å². The van der Waals surface area contributed by atoms with Crippen LogP contribution in [0.4, 0.5) is 0 Å². The summed E-state index contributed by atoms with van der Waals surface area (Å²) in [5.41, 5.74) is 3.41. The molecule has 2 aromatic rings. The zero-order chi connectivity index (χ0) is 21.1. The van der Waals surface area contributed by atoms with Crippen LogP contribution in [0.5, 0.6) is 11.5 Å². The number of rotatable bonds is 9. The number of ether oxygens (including phenoxy) is 2. The Labute approximate surface area is 177 Å². The van der Waals surface area contributed by atoms with E-state index in [2.05, 4.69) is 37.7 Å². The van der Waals surface area contributed by atoms with Gasteiger partial charge >= 0.3 is 0 Å². The van der Waals surface area contributed by atoms with E-state index in [1.807, 2.05) is 6.92 Å². The van der Waals surface area contributed by atoms with Gasteiger partial charge < -0.3 is 14.8 Å². The standard InChI is InChI=1S/C21H20BrN3O4/c1-3-11-29-19-10-7-17(22)12-16(19)13-24-25-20(26)14-23-21(27)15-5-8-18(9-6-15)28-4-2/h1,5-10,12-13H,4,11,14H2,2H3,(H,23,27)(H,25,26)/b24-13-. The summed E-state index contributed by atoms with van der Waals surface area (Å²) in [6.45, 7) is 2.32. The van der Waals surface area contributed by atoms with Gasteiger partial charge in [0.05, 0.1) is 19.4 Å². The minimum Gasteiger partial charge on any atom is -0.494 e. The topological polar surface area (TPSA) is 89.0 Å². The molecule has 0 heterocycles. The van der Waals surface area contributed by atoms with Crippen molar-refractivity contribution in [2.75, 3.05) is 19.8 Å². The highest BCUT2D eigenvalue weighted by Gasteiger charge is 2.08. The van der Waals surface area contributed by atoms with E-state index in [-0.39, 0.29) is 19.1 Å². The molecule has 0 aliphatic heterocycles. The van der Waals surface area contributed by atoms with Crippen molar-refractivity contribution >= 4 is 34.0 Å². The predicted octanol–water partition coefficient (Wildman–Crippen LogP) is 2.74. The van der Waals surface area contributed by atoms with Crippen molar-refractivity contribution in [1.29, 1.82) is 0 Å². The number of carbonyl (C=O) groups excluding carboxylic acids is 2. The maximum atomic E-state index is 12.1. The van der Waals surface area contributed by atoms with Gasteiger partial charge in [-0.15, -0.1) is 6.42 Å². The van der Waals surface area contributed by atoms with Crippen molar-refractivity contribution in [2.24, 2.45) is 5.10 Å².